The molecule has 0 radical (unpaired) electrons. The average Bonchev–Trinajstić information content (AvgIpc) is 3.07. The van der Waals surface area contributed by atoms with Gasteiger partial charge in [-0.25, -0.2) is 0 Å². The third-order valence-corrected chi connectivity index (χ3v) is 3.93. The molecule has 1 unspecified atom stereocenters. The van der Waals surface area contributed by atoms with Gasteiger partial charge in [0.15, 0.2) is 5.82 Å². The smallest absolute Gasteiger partial charge is 0.311 e. The lowest BCUT2D eigenvalue weighted by Gasteiger charge is -2.11. The molecule has 3 rings (SSSR count). The van der Waals surface area contributed by atoms with Crippen molar-refractivity contribution in [2.75, 3.05) is 0 Å². The third-order valence-electron chi connectivity index (χ3n) is 3.49. The van der Waals surface area contributed by atoms with E-state index in [9.17, 15) is 10.1 Å². The first-order valence-electron chi connectivity index (χ1n) is 7.09. The topological polar surface area (TPSA) is 107 Å². The zero-order chi connectivity index (χ0) is 18.0. The summed E-state index contributed by atoms with van der Waals surface area (Å²) in [4.78, 5) is 10.8. The van der Waals surface area contributed by atoms with Gasteiger partial charge < -0.3 is 4.74 Å². The quantitative estimate of drug-likeness (QED) is 0.521. The molecule has 0 aliphatic rings. The normalized spacial score (nSPS) is 12.0. The lowest BCUT2D eigenvalue weighted by atomic mass is 10.00. The molecule has 0 saturated carbocycles. The van der Waals surface area contributed by atoms with E-state index in [-0.39, 0.29) is 17.4 Å². The zero-order valence-corrected chi connectivity index (χ0v) is 14.3. The van der Waals surface area contributed by atoms with Crippen LogP contribution in [0.4, 0.5) is 5.69 Å². The Morgan fingerprint density at radius 3 is 2.52 bits per heavy atom. The number of nitrogens with one attached hydrogen (secondary N) is 1. The van der Waals surface area contributed by atoms with Gasteiger partial charge >= 0.3 is 5.69 Å². The summed E-state index contributed by atoms with van der Waals surface area (Å²) in [5.74, 6) is 0.594. The van der Waals surface area contributed by atoms with Gasteiger partial charge in [-0.15, -0.1) is 10.2 Å². The van der Waals surface area contributed by atoms with Gasteiger partial charge in [0.2, 0.25) is 5.75 Å². The molecule has 1 heterocycles. The number of nitro benzene ring substituents is 1. The molecule has 0 fully saturated rings. The number of nitro groups is 1. The van der Waals surface area contributed by atoms with Gasteiger partial charge in [-0.2, -0.15) is 5.21 Å². The van der Waals surface area contributed by atoms with Crippen molar-refractivity contribution in [3.8, 4) is 11.5 Å². The molecule has 1 N–H and O–H groups in total. The third kappa shape index (κ3) is 3.86. The molecule has 0 aliphatic heterocycles. The van der Waals surface area contributed by atoms with E-state index in [0.29, 0.717) is 21.6 Å². The molecule has 0 spiro atoms. The Balaban J connectivity index is 2.00. The van der Waals surface area contributed by atoms with Gasteiger partial charge in [-0.05, 0) is 29.8 Å². The highest BCUT2D eigenvalue weighted by atomic mass is 35.5. The molecule has 2 aromatic carbocycles. The lowest BCUT2D eigenvalue weighted by Crippen LogP contribution is -2.01. The second kappa shape index (κ2) is 7.04. The van der Waals surface area contributed by atoms with E-state index in [1.165, 1.54) is 18.2 Å². The largest absolute Gasteiger partial charge is 0.450 e. The maximum absolute atomic E-state index is 11.3. The standard InChI is InChI=1S/C15H11Cl2N5O3/c1-8(15-18-20-21-19-15)9-2-3-13(22(23)24)14(4-9)25-12-6-10(16)5-11(17)7-12/h2-8H,1H3,(H,18,19,20,21). The minimum absolute atomic E-state index is 0.0659. The molecular weight excluding hydrogens is 369 g/mol. The van der Waals surface area contributed by atoms with E-state index in [1.807, 2.05) is 6.92 Å². The Morgan fingerprint density at radius 2 is 1.92 bits per heavy atom. The Bertz CT molecular complexity index is 897. The van der Waals surface area contributed by atoms with Gasteiger partial charge in [0.25, 0.3) is 0 Å². The minimum atomic E-state index is -0.524. The molecule has 0 aliphatic carbocycles. The number of aromatic nitrogens is 4. The summed E-state index contributed by atoms with van der Waals surface area (Å²) in [6.07, 6.45) is 0. The van der Waals surface area contributed by atoms with Gasteiger partial charge in [0.05, 0.1) is 4.92 Å². The maximum atomic E-state index is 11.3. The van der Waals surface area contributed by atoms with E-state index in [1.54, 1.807) is 18.2 Å². The minimum Gasteiger partial charge on any atom is -0.450 e. The Morgan fingerprint density at radius 1 is 1.20 bits per heavy atom. The van der Waals surface area contributed by atoms with Crippen molar-refractivity contribution in [3.63, 3.8) is 0 Å². The first kappa shape index (κ1) is 17.1. The van der Waals surface area contributed by atoms with Crippen molar-refractivity contribution in [2.45, 2.75) is 12.8 Å². The number of hydrogen-bond acceptors (Lipinski definition) is 6. The van der Waals surface area contributed by atoms with Crippen LogP contribution in [0.5, 0.6) is 11.5 Å². The van der Waals surface area contributed by atoms with Crippen molar-refractivity contribution in [3.05, 3.63) is 67.9 Å². The zero-order valence-electron chi connectivity index (χ0n) is 12.8. The van der Waals surface area contributed by atoms with Crippen molar-refractivity contribution >= 4 is 28.9 Å². The molecule has 8 nitrogen and oxygen atoms in total. The van der Waals surface area contributed by atoms with Crippen LogP contribution < -0.4 is 4.74 Å². The number of benzene rings is 2. The van der Waals surface area contributed by atoms with Crippen molar-refractivity contribution in [1.82, 2.24) is 20.6 Å². The predicted molar refractivity (Wildman–Crippen MR) is 91.3 cm³/mol. The van der Waals surface area contributed by atoms with E-state index >= 15 is 0 Å². The van der Waals surface area contributed by atoms with Crippen LogP contribution >= 0.6 is 23.2 Å². The Labute approximate surface area is 151 Å². The van der Waals surface area contributed by atoms with E-state index in [4.69, 9.17) is 27.9 Å². The predicted octanol–water partition coefficient (Wildman–Crippen LogP) is 4.36. The average molecular weight is 380 g/mol. The van der Waals surface area contributed by atoms with Gasteiger partial charge in [0.1, 0.15) is 5.75 Å². The highest BCUT2D eigenvalue weighted by molar-refractivity contribution is 6.34. The number of rotatable bonds is 5. The Kier molecular flexibility index (Phi) is 4.82. The van der Waals surface area contributed by atoms with Crippen molar-refractivity contribution in [1.29, 1.82) is 0 Å². The number of ether oxygens (including phenoxy) is 1. The van der Waals surface area contributed by atoms with Crippen LogP contribution in [0, 0.1) is 10.1 Å². The highest BCUT2D eigenvalue weighted by Gasteiger charge is 2.21. The summed E-state index contributed by atoms with van der Waals surface area (Å²) in [5.41, 5.74) is 0.551. The molecule has 25 heavy (non-hydrogen) atoms. The van der Waals surface area contributed by atoms with E-state index < -0.39 is 4.92 Å². The molecule has 3 aromatic rings. The first-order chi connectivity index (χ1) is 11.9. The molecule has 10 heteroatoms. The first-order valence-corrected chi connectivity index (χ1v) is 7.85. The van der Waals surface area contributed by atoms with Crippen LogP contribution in [0.15, 0.2) is 36.4 Å². The van der Waals surface area contributed by atoms with Gasteiger partial charge in [0, 0.05) is 22.0 Å². The molecule has 1 atom stereocenters. The molecule has 1 aromatic heterocycles. The summed E-state index contributed by atoms with van der Waals surface area (Å²) >= 11 is 11.9. The van der Waals surface area contributed by atoms with Crippen LogP contribution in [0.3, 0.4) is 0 Å². The fraction of sp³-hybridized carbons (Fsp3) is 0.133. The fourth-order valence-electron chi connectivity index (χ4n) is 2.25. The highest BCUT2D eigenvalue weighted by Crippen LogP contribution is 2.36. The second-order valence-corrected chi connectivity index (χ2v) is 6.06. The summed E-state index contributed by atoms with van der Waals surface area (Å²) < 4.78 is 5.67. The van der Waals surface area contributed by atoms with Crippen LogP contribution in [0.2, 0.25) is 10.0 Å². The van der Waals surface area contributed by atoms with Gasteiger partial charge in [-0.1, -0.05) is 41.4 Å². The SMILES string of the molecule is CC(c1ccc([N+](=O)[O-])c(Oc2cc(Cl)cc(Cl)c2)c1)c1nn[nH]n1. The van der Waals surface area contributed by atoms with E-state index in [0.717, 1.165) is 5.56 Å². The molecule has 0 amide bonds. The Hall–Kier alpha value is -2.71. The summed E-state index contributed by atoms with van der Waals surface area (Å²) in [6, 6.07) is 9.14. The fourth-order valence-corrected chi connectivity index (χ4v) is 2.76. The summed E-state index contributed by atoms with van der Waals surface area (Å²) in [6.45, 7) is 1.85. The number of tetrazole rings is 1. The van der Waals surface area contributed by atoms with Crippen LogP contribution in [0.1, 0.15) is 24.2 Å². The van der Waals surface area contributed by atoms with Crippen molar-refractivity contribution in [2.24, 2.45) is 0 Å². The summed E-state index contributed by atoms with van der Waals surface area (Å²) in [5, 5.41) is 25.8. The molecule has 128 valence electrons. The van der Waals surface area contributed by atoms with Crippen LogP contribution in [0.25, 0.3) is 0 Å². The number of nitrogens with zero attached hydrogens (tertiary/aromatic N) is 4. The van der Waals surface area contributed by atoms with Crippen LogP contribution in [-0.2, 0) is 0 Å². The number of hydrogen-bond donors (Lipinski definition) is 1. The maximum Gasteiger partial charge on any atom is 0.311 e. The number of H-pyrrole nitrogens is 1. The number of halogens is 2. The second-order valence-electron chi connectivity index (χ2n) is 5.18. The molecular formula is C15H11Cl2N5O3. The van der Waals surface area contributed by atoms with Crippen molar-refractivity contribution < 1.29 is 9.66 Å². The summed E-state index contributed by atoms with van der Waals surface area (Å²) in [7, 11) is 0. The molecule has 0 bridgehead atoms. The van der Waals surface area contributed by atoms with E-state index in [2.05, 4.69) is 20.6 Å². The van der Waals surface area contributed by atoms with Crippen LogP contribution in [-0.4, -0.2) is 25.5 Å². The molecule has 0 saturated heterocycles. The number of aromatic amines is 1. The lowest BCUT2D eigenvalue weighted by molar-refractivity contribution is -0.385. The monoisotopic (exact) mass is 379 g/mol. The van der Waals surface area contributed by atoms with Gasteiger partial charge in [-0.3, -0.25) is 10.1 Å².